The minimum atomic E-state index is -0.502. The molecule has 110 valence electrons. The van der Waals surface area contributed by atoms with Crippen molar-refractivity contribution in [3.63, 3.8) is 0 Å². The zero-order valence-electron chi connectivity index (χ0n) is 12.2. The van der Waals surface area contributed by atoms with E-state index in [1.165, 1.54) is 0 Å². The number of ether oxygens (including phenoxy) is 1. The molecule has 22 heavy (non-hydrogen) atoms. The Hall–Kier alpha value is -2.88. The number of hydrogen-bond donors (Lipinski definition) is 0. The summed E-state index contributed by atoms with van der Waals surface area (Å²) in [5.41, 5.74) is 3.03. The Kier molecular flexibility index (Phi) is 3.74. The van der Waals surface area contributed by atoms with Gasteiger partial charge >= 0.3 is 5.97 Å². The monoisotopic (exact) mass is 293 g/mol. The first-order chi connectivity index (χ1) is 10.7. The van der Waals surface area contributed by atoms with E-state index < -0.39 is 5.97 Å². The van der Waals surface area contributed by atoms with Crippen LogP contribution in [0.15, 0.2) is 59.5 Å². The first-order valence-electron chi connectivity index (χ1n) is 7.05. The van der Waals surface area contributed by atoms with Crippen molar-refractivity contribution >= 4 is 17.1 Å². The average Bonchev–Trinajstić information content (AvgIpc) is 2.98. The van der Waals surface area contributed by atoms with Gasteiger partial charge < -0.3 is 9.15 Å². The summed E-state index contributed by atoms with van der Waals surface area (Å²) in [4.78, 5) is 16.1. The molecule has 0 fully saturated rings. The number of aryl methyl sites for hydroxylation is 1. The van der Waals surface area contributed by atoms with Gasteiger partial charge in [0.25, 0.3) is 0 Å². The van der Waals surface area contributed by atoms with E-state index in [4.69, 9.17) is 9.15 Å². The second-order valence-electron chi connectivity index (χ2n) is 4.76. The van der Waals surface area contributed by atoms with Crippen molar-refractivity contribution in [3.8, 4) is 17.2 Å². The van der Waals surface area contributed by atoms with E-state index in [-0.39, 0.29) is 0 Å². The van der Waals surface area contributed by atoms with Crippen LogP contribution in [-0.2, 0) is 11.2 Å². The molecule has 0 aliphatic rings. The van der Waals surface area contributed by atoms with Gasteiger partial charge in [-0.3, -0.25) is 0 Å². The average molecular weight is 293 g/mol. The molecule has 0 bridgehead atoms. The van der Waals surface area contributed by atoms with Gasteiger partial charge in [0, 0.05) is 6.08 Å². The highest BCUT2D eigenvalue weighted by Gasteiger charge is 2.17. The summed E-state index contributed by atoms with van der Waals surface area (Å²) in [6.07, 6.45) is 1.87. The highest BCUT2D eigenvalue weighted by atomic mass is 16.5. The van der Waals surface area contributed by atoms with E-state index in [0.717, 1.165) is 23.6 Å². The Labute approximate surface area is 128 Å². The van der Waals surface area contributed by atoms with Crippen molar-refractivity contribution in [1.29, 1.82) is 0 Å². The molecule has 0 aliphatic heterocycles. The molecule has 1 aromatic heterocycles. The van der Waals surface area contributed by atoms with E-state index in [2.05, 4.69) is 11.6 Å². The molecule has 3 aromatic rings. The number of esters is 1. The number of fused-ring (bicyclic) bond motifs is 1. The van der Waals surface area contributed by atoms with E-state index in [9.17, 15) is 4.79 Å². The number of rotatable bonds is 4. The molecule has 2 aromatic carbocycles. The molecule has 3 rings (SSSR count). The Morgan fingerprint density at radius 1 is 1.27 bits per heavy atom. The number of carbonyl (C=O) groups is 1. The van der Waals surface area contributed by atoms with E-state index in [0.29, 0.717) is 22.8 Å². The van der Waals surface area contributed by atoms with Crippen molar-refractivity contribution < 1.29 is 13.9 Å². The highest BCUT2D eigenvalue weighted by Crippen LogP contribution is 2.35. The lowest BCUT2D eigenvalue weighted by Gasteiger charge is -2.10. The zero-order chi connectivity index (χ0) is 15.5. The largest absolute Gasteiger partial charge is 0.436 e. The maximum absolute atomic E-state index is 11.6. The number of benzene rings is 2. The van der Waals surface area contributed by atoms with Gasteiger partial charge in [-0.05, 0) is 30.2 Å². The van der Waals surface area contributed by atoms with Gasteiger partial charge in [0.05, 0.1) is 5.56 Å². The molecule has 4 heteroatoms. The van der Waals surface area contributed by atoms with Crippen LogP contribution in [0.25, 0.3) is 22.6 Å². The Bertz CT molecular complexity index is 815. The number of carbonyl (C=O) groups excluding carboxylic acids is 1. The number of para-hydroxylation sites is 3. The molecule has 0 spiro atoms. The third-order valence-corrected chi connectivity index (χ3v) is 3.37. The van der Waals surface area contributed by atoms with Gasteiger partial charge in [-0.2, -0.15) is 0 Å². The standard InChI is InChI=1S/C18H15NO3/c1-3-12-8-7-9-13(17(12)22-16(20)4-2)18-19-14-10-5-6-11-15(14)21-18/h4-11H,2-3H2,1H3. The van der Waals surface area contributed by atoms with Crippen LogP contribution >= 0.6 is 0 Å². The van der Waals surface area contributed by atoms with Crippen LogP contribution in [0.3, 0.4) is 0 Å². The molecule has 4 nitrogen and oxygen atoms in total. The fourth-order valence-electron chi connectivity index (χ4n) is 2.28. The van der Waals surface area contributed by atoms with Gasteiger partial charge in [-0.25, -0.2) is 9.78 Å². The molecule has 0 saturated carbocycles. The summed E-state index contributed by atoms with van der Waals surface area (Å²) < 4.78 is 11.2. The van der Waals surface area contributed by atoms with Gasteiger partial charge in [0.2, 0.25) is 5.89 Å². The second kappa shape index (κ2) is 5.85. The first-order valence-corrected chi connectivity index (χ1v) is 7.05. The molecular formula is C18H15NO3. The molecule has 0 atom stereocenters. The summed E-state index contributed by atoms with van der Waals surface area (Å²) in [5.74, 6) is 0.406. The normalized spacial score (nSPS) is 10.6. The molecule has 0 unspecified atom stereocenters. The van der Waals surface area contributed by atoms with E-state index >= 15 is 0 Å². The SMILES string of the molecule is C=CC(=O)Oc1c(CC)cccc1-c1nc2ccccc2o1. The highest BCUT2D eigenvalue weighted by molar-refractivity contribution is 5.86. The summed E-state index contributed by atoms with van der Waals surface area (Å²) in [6, 6.07) is 13.2. The molecule has 1 heterocycles. The fraction of sp³-hybridized carbons (Fsp3) is 0.111. The summed E-state index contributed by atoms with van der Waals surface area (Å²) in [5, 5.41) is 0. The quantitative estimate of drug-likeness (QED) is 0.412. The van der Waals surface area contributed by atoms with Crippen molar-refractivity contribution in [2.24, 2.45) is 0 Å². The summed E-state index contributed by atoms with van der Waals surface area (Å²) in [6.45, 7) is 5.43. The Morgan fingerprint density at radius 2 is 2.09 bits per heavy atom. The van der Waals surface area contributed by atoms with Gasteiger partial charge in [0.15, 0.2) is 5.58 Å². The summed E-state index contributed by atoms with van der Waals surface area (Å²) >= 11 is 0. The van der Waals surface area contributed by atoms with Crippen molar-refractivity contribution in [2.45, 2.75) is 13.3 Å². The molecule has 0 radical (unpaired) electrons. The maximum Gasteiger partial charge on any atom is 0.335 e. The maximum atomic E-state index is 11.6. The Morgan fingerprint density at radius 3 is 2.82 bits per heavy atom. The van der Waals surface area contributed by atoms with E-state index in [1.54, 1.807) is 0 Å². The lowest BCUT2D eigenvalue weighted by atomic mass is 10.1. The third kappa shape index (κ3) is 2.51. The third-order valence-electron chi connectivity index (χ3n) is 3.37. The number of oxazole rings is 1. The number of nitrogens with zero attached hydrogens (tertiary/aromatic N) is 1. The van der Waals surface area contributed by atoms with Gasteiger partial charge in [-0.1, -0.05) is 37.8 Å². The molecule has 0 aliphatic carbocycles. The van der Waals surface area contributed by atoms with Crippen LogP contribution < -0.4 is 4.74 Å². The zero-order valence-corrected chi connectivity index (χ0v) is 12.2. The first kappa shape index (κ1) is 14.1. The van der Waals surface area contributed by atoms with Gasteiger partial charge in [0.1, 0.15) is 11.3 Å². The smallest absolute Gasteiger partial charge is 0.335 e. The van der Waals surface area contributed by atoms with Crippen LogP contribution in [0.1, 0.15) is 12.5 Å². The van der Waals surface area contributed by atoms with Crippen LogP contribution in [0.5, 0.6) is 5.75 Å². The topological polar surface area (TPSA) is 52.3 Å². The molecule has 0 N–H and O–H groups in total. The minimum absolute atomic E-state index is 0.434. The van der Waals surface area contributed by atoms with Gasteiger partial charge in [-0.15, -0.1) is 0 Å². The van der Waals surface area contributed by atoms with E-state index in [1.807, 2.05) is 49.4 Å². The summed E-state index contributed by atoms with van der Waals surface area (Å²) in [7, 11) is 0. The predicted molar refractivity (Wildman–Crippen MR) is 84.7 cm³/mol. The number of hydrogen-bond acceptors (Lipinski definition) is 4. The molecular weight excluding hydrogens is 278 g/mol. The lowest BCUT2D eigenvalue weighted by molar-refractivity contribution is -0.128. The van der Waals surface area contributed by atoms with Crippen LogP contribution in [-0.4, -0.2) is 11.0 Å². The molecule has 0 amide bonds. The Balaban J connectivity index is 2.16. The van der Waals surface area contributed by atoms with Crippen molar-refractivity contribution in [3.05, 3.63) is 60.7 Å². The predicted octanol–water partition coefficient (Wildman–Crippen LogP) is 4.15. The van der Waals surface area contributed by atoms with Crippen LogP contribution in [0.4, 0.5) is 0 Å². The fourth-order valence-corrected chi connectivity index (χ4v) is 2.28. The molecule has 0 saturated heterocycles. The second-order valence-corrected chi connectivity index (χ2v) is 4.76. The van der Waals surface area contributed by atoms with Crippen LogP contribution in [0.2, 0.25) is 0 Å². The van der Waals surface area contributed by atoms with Crippen molar-refractivity contribution in [2.75, 3.05) is 0 Å². The minimum Gasteiger partial charge on any atom is -0.436 e. The van der Waals surface area contributed by atoms with Crippen molar-refractivity contribution in [1.82, 2.24) is 4.98 Å². The van der Waals surface area contributed by atoms with Crippen LogP contribution in [0, 0.1) is 0 Å². The number of aromatic nitrogens is 1. The lowest BCUT2D eigenvalue weighted by Crippen LogP contribution is -2.06.